The zero-order chi connectivity index (χ0) is 13.0. The normalized spacial score (nSPS) is 10.3. The van der Waals surface area contributed by atoms with Gasteiger partial charge in [-0.1, -0.05) is 6.92 Å². The van der Waals surface area contributed by atoms with Gasteiger partial charge in [-0.25, -0.2) is 4.98 Å². The molecule has 0 bridgehead atoms. The van der Waals surface area contributed by atoms with E-state index in [9.17, 15) is 4.79 Å². The molecule has 2 aromatic heterocycles. The lowest BCUT2D eigenvalue weighted by Gasteiger charge is -2.06. The summed E-state index contributed by atoms with van der Waals surface area (Å²) in [7, 11) is 0. The maximum atomic E-state index is 12.2. The second-order valence-electron chi connectivity index (χ2n) is 4.08. The van der Waals surface area contributed by atoms with E-state index in [1.54, 1.807) is 36.8 Å². The Balaban J connectivity index is 2.22. The molecule has 2 N–H and O–H groups in total. The molecule has 0 saturated carbocycles. The van der Waals surface area contributed by atoms with Gasteiger partial charge in [-0.3, -0.25) is 9.78 Å². The lowest BCUT2D eigenvalue weighted by atomic mass is 9.99. The molecule has 0 radical (unpaired) electrons. The van der Waals surface area contributed by atoms with E-state index < -0.39 is 0 Å². The molecule has 2 heterocycles. The summed E-state index contributed by atoms with van der Waals surface area (Å²) in [6.07, 6.45) is 6.14. The van der Waals surface area contributed by atoms with Crippen molar-refractivity contribution in [2.45, 2.75) is 19.8 Å². The molecule has 0 aliphatic heterocycles. The molecule has 0 aliphatic rings. The number of nitrogen functional groups attached to an aromatic ring is 1. The summed E-state index contributed by atoms with van der Waals surface area (Å²) in [5.74, 6) is 0.519. The molecule has 0 saturated heterocycles. The first-order chi connectivity index (χ1) is 8.70. The van der Waals surface area contributed by atoms with Gasteiger partial charge in [0, 0.05) is 30.6 Å². The predicted octanol–water partition coefficient (Wildman–Crippen LogP) is 2.05. The van der Waals surface area contributed by atoms with Crippen molar-refractivity contribution in [3.05, 3.63) is 53.5 Å². The molecule has 0 fully saturated rings. The number of carbonyl (C=O) groups is 1. The lowest BCUT2D eigenvalue weighted by Crippen LogP contribution is -2.07. The van der Waals surface area contributed by atoms with Crippen LogP contribution in [0.1, 0.15) is 28.4 Å². The molecule has 4 heteroatoms. The van der Waals surface area contributed by atoms with Gasteiger partial charge in [0.25, 0.3) is 0 Å². The summed E-state index contributed by atoms with van der Waals surface area (Å²) in [5, 5.41) is 0. The van der Waals surface area contributed by atoms with Crippen LogP contribution in [0.5, 0.6) is 0 Å². The second-order valence-corrected chi connectivity index (χ2v) is 4.08. The number of hydrogen-bond donors (Lipinski definition) is 1. The van der Waals surface area contributed by atoms with Gasteiger partial charge < -0.3 is 5.73 Å². The molecule has 18 heavy (non-hydrogen) atoms. The number of carbonyl (C=O) groups excluding carboxylic acids is 1. The topological polar surface area (TPSA) is 68.9 Å². The predicted molar refractivity (Wildman–Crippen MR) is 70.3 cm³/mol. The van der Waals surface area contributed by atoms with Crippen molar-refractivity contribution in [3.8, 4) is 0 Å². The summed E-state index contributed by atoms with van der Waals surface area (Å²) in [4.78, 5) is 20.2. The minimum absolute atomic E-state index is 0.0832. The van der Waals surface area contributed by atoms with Gasteiger partial charge in [-0.2, -0.15) is 0 Å². The van der Waals surface area contributed by atoms with Crippen LogP contribution < -0.4 is 5.73 Å². The zero-order valence-electron chi connectivity index (χ0n) is 10.3. The number of nitrogens with zero attached hydrogens (tertiary/aromatic N) is 2. The van der Waals surface area contributed by atoms with Crippen LogP contribution in [0, 0.1) is 0 Å². The Labute approximate surface area is 106 Å². The first-order valence-corrected chi connectivity index (χ1v) is 5.87. The monoisotopic (exact) mass is 241 g/mol. The first-order valence-electron chi connectivity index (χ1n) is 5.87. The van der Waals surface area contributed by atoms with E-state index in [1.165, 1.54) is 0 Å². The molecule has 92 valence electrons. The Kier molecular flexibility index (Phi) is 3.67. The molecular formula is C14H15N3O. The molecule has 0 unspecified atom stereocenters. The van der Waals surface area contributed by atoms with Gasteiger partial charge in [0.05, 0.1) is 0 Å². The van der Waals surface area contributed by atoms with E-state index in [2.05, 4.69) is 9.97 Å². The molecule has 0 atom stereocenters. The highest BCUT2D eigenvalue weighted by molar-refractivity contribution is 5.98. The lowest BCUT2D eigenvalue weighted by molar-refractivity contribution is 0.0992. The minimum Gasteiger partial charge on any atom is -0.384 e. The fourth-order valence-electron chi connectivity index (χ4n) is 1.87. The molecule has 0 spiro atoms. The number of hydrogen-bond acceptors (Lipinski definition) is 4. The van der Waals surface area contributed by atoms with Gasteiger partial charge in [-0.05, 0) is 35.7 Å². The fraction of sp³-hybridized carbons (Fsp3) is 0.214. The summed E-state index contributed by atoms with van der Waals surface area (Å²) in [6.45, 7) is 2.01. The van der Waals surface area contributed by atoms with Crippen molar-refractivity contribution in [2.24, 2.45) is 0 Å². The largest absolute Gasteiger partial charge is 0.384 e. The molecule has 0 aromatic carbocycles. The van der Waals surface area contributed by atoms with Crippen LogP contribution in [0.25, 0.3) is 0 Å². The Morgan fingerprint density at radius 1 is 1.33 bits per heavy atom. The van der Waals surface area contributed by atoms with Crippen LogP contribution in [0.15, 0.2) is 36.8 Å². The van der Waals surface area contributed by atoms with Crippen LogP contribution in [0.3, 0.4) is 0 Å². The average Bonchev–Trinajstić information content (AvgIpc) is 2.38. The van der Waals surface area contributed by atoms with Crippen molar-refractivity contribution >= 4 is 11.6 Å². The Bertz CT molecular complexity index is 566. The average molecular weight is 241 g/mol. The summed E-state index contributed by atoms with van der Waals surface area (Å²) in [5.41, 5.74) is 8.19. The third kappa shape index (κ3) is 2.71. The third-order valence-electron chi connectivity index (χ3n) is 2.80. The Hall–Kier alpha value is -2.23. The maximum Gasteiger partial charge on any atom is 0.167 e. The van der Waals surface area contributed by atoms with Crippen LogP contribution in [-0.4, -0.2) is 15.8 Å². The van der Waals surface area contributed by atoms with E-state index in [-0.39, 0.29) is 5.78 Å². The summed E-state index contributed by atoms with van der Waals surface area (Å²) < 4.78 is 0. The molecule has 0 amide bonds. The number of anilines is 1. The Morgan fingerprint density at radius 2 is 2.17 bits per heavy atom. The van der Waals surface area contributed by atoms with Crippen LogP contribution in [-0.2, 0) is 12.8 Å². The standard InChI is InChI=1S/C14H15N3O/c1-2-11-9-16-5-4-12(11)13(18)7-10-3-6-17-14(15)8-10/h3-6,8-9H,2,7H2,1H3,(H2,15,17). The number of pyridine rings is 2. The van der Waals surface area contributed by atoms with E-state index in [0.717, 1.165) is 23.1 Å². The van der Waals surface area contributed by atoms with Crippen LogP contribution in [0.4, 0.5) is 5.82 Å². The van der Waals surface area contributed by atoms with E-state index >= 15 is 0 Å². The van der Waals surface area contributed by atoms with Crippen molar-refractivity contribution in [3.63, 3.8) is 0 Å². The van der Waals surface area contributed by atoms with Gasteiger partial charge >= 0.3 is 0 Å². The number of rotatable bonds is 4. The molecule has 4 nitrogen and oxygen atoms in total. The zero-order valence-corrected chi connectivity index (χ0v) is 10.3. The second kappa shape index (κ2) is 5.40. The van der Waals surface area contributed by atoms with Gasteiger partial charge in [0.2, 0.25) is 0 Å². The highest BCUT2D eigenvalue weighted by Crippen LogP contribution is 2.13. The van der Waals surface area contributed by atoms with Crippen molar-refractivity contribution in [1.29, 1.82) is 0 Å². The van der Waals surface area contributed by atoms with Crippen molar-refractivity contribution < 1.29 is 4.79 Å². The van der Waals surface area contributed by atoms with Gasteiger partial charge in [0.15, 0.2) is 5.78 Å². The van der Waals surface area contributed by atoms with Crippen LogP contribution >= 0.6 is 0 Å². The molecule has 2 aromatic rings. The molecular weight excluding hydrogens is 226 g/mol. The number of nitrogens with two attached hydrogens (primary N) is 1. The molecule has 2 rings (SSSR count). The summed E-state index contributed by atoms with van der Waals surface area (Å²) in [6, 6.07) is 5.30. The van der Waals surface area contributed by atoms with Crippen LogP contribution in [0.2, 0.25) is 0 Å². The summed E-state index contributed by atoms with van der Waals surface area (Å²) >= 11 is 0. The SMILES string of the molecule is CCc1cnccc1C(=O)Cc1ccnc(N)c1. The molecule has 0 aliphatic carbocycles. The van der Waals surface area contributed by atoms with E-state index in [1.807, 2.05) is 6.92 Å². The minimum atomic E-state index is 0.0832. The van der Waals surface area contributed by atoms with Crippen molar-refractivity contribution in [2.75, 3.05) is 5.73 Å². The number of aromatic nitrogens is 2. The van der Waals surface area contributed by atoms with E-state index in [4.69, 9.17) is 5.73 Å². The maximum absolute atomic E-state index is 12.2. The number of ketones is 1. The fourth-order valence-corrected chi connectivity index (χ4v) is 1.87. The Morgan fingerprint density at radius 3 is 2.89 bits per heavy atom. The number of Topliss-reactive ketones (excluding diaryl/α,β-unsaturated/α-hetero) is 1. The van der Waals surface area contributed by atoms with Gasteiger partial charge in [0.1, 0.15) is 5.82 Å². The van der Waals surface area contributed by atoms with E-state index in [0.29, 0.717) is 12.2 Å². The smallest absolute Gasteiger partial charge is 0.167 e. The number of aryl methyl sites for hydroxylation is 1. The highest BCUT2D eigenvalue weighted by atomic mass is 16.1. The van der Waals surface area contributed by atoms with Crippen molar-refractivity contribution in [1.82, 2.24) is 9.97 Å². The third-order valence-corrected chi connectivity index (χ3v) is 2.80. The first kappa shape index (κ1) is 12.2. The van der Waals surface area contributed by atoms with Gasteiger partial charge in [-0.15, -0.1) is 0 Å². The highest BCUT2D eigenvalue weighted by Gasteiger charge is 2.11. The quantitative estimate of drug-likeness (QED) is 0.832.